The third kappa shape index (κ3) is 3.08. The molecule has 2 unspecified atom stereocenters. The largest absolute Gasteiger partial charge is 0.508 e. The maximum absolute atomic E-state index is 13.7. The number of benzene rings is 2. The first-order valence-corrected chi connectivity index (χ1v) is 12.0. The fourth-order valence-electron chi connectivity index (χ4n) is 6.15. The molecule has 0 spiro atoms. The van der Waals surface area contributed by atoms with E-state index in [1.165, 1.54) is 0 Å². The zero-order valence-corrected chi connectivity index (χ0v) is 18.7. The summed E-state index contributed by atoms with van der Waals surface area (Å²) < 4.78 is 1.02. The van der Waals surface area contributed by atoms with Crippen LogP contribution in [0.1, 0.15) is 54.4 Å². The monoisotopic (exact) mass is 472 g/mol. The van der Waals surface area contributed by atoms with Crippen LogP contribution in [0.5, 0.6) is 5.75 Å². The van der Waals surface area contributed by atoms with Crippen molar-refractivity contribution in [2.24, 2.45) is 17.3 Å². The van der Waals surface area contributed by atoms with Crippen LogP contribution in [0.3, 0.4) is 0 Å². The maximum Gasteiger partial charge on any atom is 0.176 e. The van der Waals surface area contributed by atoms with Crippen molar-refractivity contribution in [1.82, 2.24) is 0 Å². The Hall–Kier alpha value is -1.30. The van der Waals surface area contributed by atoms with Crippen molar-refractivity contribution in [2.75, 3.05) is 0 Å². The van der Waals surface area contributed by atoms with Crippen molar-refractivity contribution in [3.63, 3.8) is 0 Å². The van der Waals surface area contributed by atoms with Gasteiger partial charge in [-0.25, -0.2) is 0 Å². The van der Waals surface area contributed by atoms with E-state index in [0.29, 0.717) is 17.4 Å². The standard InChI is InChI=1S/C24H25BrO3S/c1-24-11-10-17-16-7-4-14(26)12-18(16)22(28)23(21(17)19(24)8-9-20(24)27)29-15-5-2-13(25)3-6-15/h2-7,12,17,19-21,23,26-27H,8-11H2,1H3/t17-,19+,20?,21-,23?,24+/m1/s1. The van der Waals surface area contributed by atoms with Gasteiger partial charge in [0.15, 0.2) is 5.78 Å². The Labute approximate surface area is 184 Å². The Bertz CT molecular complexity index is 959. The lowest BCUT2D eigenvalue weighted by atomic mass is 9.55. The van der Waals surface area contributed by atoms with Crippen molar-refractivity contribution >= 4 is 33.5 Å². The van der Waals surface area contributed by atoms with Crippen LogP contribution in [0.4, 0.5) is 0 Å². The lowest BCUT2D eigenvalue weighted by molar-refractivity contribution is -0.0193. The molecular weight excluding hydrogens is 448 g/mol. The molecule has 5 rings (SSSR count). The van der Waals surface area contributed by atoms with Gasteiger partial charge in [-0.05, 0) is 90.8 Å². The molecule has 2 aromatic carbocycles. The van der Waals surface area contributed by atoms with Gasteiger partial charge in [-0.2, -0.15) is 0 Å². The number of phenols is 1. The molecule has 0 heterocycles. The van der Waals surface area contributed by atoms with Gasteiger partial charge in [-0.15, -0.1) is 11.8 Å². The van der Waals surface area contributed by atoms with Crippen LogP contribution < -0.4 is 0 Å². The summed E-state index contributed by atoms with van der Waals surface area (Å²) in [5.41, 5.74) is 1.67. The molecule has 29 heavy (non-hydrogen) atoms. The highest BCUT2D eigenvalue weighted by molar-refractivity contribution is 9.10. The average Bonchev–Trinajstić information content (AvgIpc) is 3.01. The minimum absolute atomic E-state index is 0.103. The van der Waals surface area contributed by atoms with Gasteiger partial charge in [0.05, 0.1) is 11.4 Å². The average molecular weight is 473 g/mol. The number of fused-ring (bicyclic) bond motifs is 5. The minimum atomic E-state index is -0.275. The van der Waals surface area contributed by atoms with E-state index in [2.05, 4.69) is 35.0 Å². The second kappa shape index (κ2) is 7.14. The quantitative estimate of drug-likeness (QED) is 0.581. The van der Waals surface area contributed by atoms with E-state index >= 15 is 0 Å². The number of aliphatic hydroxyl groups excluding tert-OH is 1. The molecule has 5 heteroatoms. The molecule has 3 aliphatic rings. The van der Waals surface area contributed by atoms with Gasteiger partial charge in [0.1, 0.15) is 5.75 Å². The summed E-state index contributed by atoms with van der Waals surface area (Å²) >= 11 is 5.14. The molecule has 0 amide bonds. The zero-order chi connectivity index (χ0) is 20.3. The summed E-state index contributed by atoms with van der Waals surface area (Å²) in [6.45, 7) is 2.23. The molecule has 0 aromatic heterocycles. The topological polar surface area (TPSA) is 57.5 Å². The number of Topliss-reactive ketones (excluding diaryl/α,β-unsaturated/α-hetero) is 1. The highest BCUT2D eigenvalue weighted by Gasteiger charge is 2.58. The third-order valence-electron chi connectivity index (χ3n) is 7.67. The molecule has 3 aliphatic carbocycles. The van der Waals surface area contributed by atoms with E-state index in [1.54, 1.807) is 23.9 Å². The Morgan fingerprint density at radius 1 is 1.10 bits per heavy atom. The maximum atomic E-state index is 13.7. The van der Waals surface area contributed by atoms with Gasteiger partial charge in [0.25, 0.3) is 0 Å². The van der Waals surface area contributed by atoms with Crippen LogP contribution in [0.25, 0.3) is 0 Å². The van der Waals surface area contributed by atoms with Crippen molar-refractivity contribution in [3.05, 3.63) is 58.1 Å². The van der Waals surface area contributed by atoms with Gasteiger partial charge < -0.3 is 10.2 Å². The highest BCUT2D eigenvalue weighted by atomic mass is 79.9. The number of carbonyl (C=O) groups excluding carboxylic acids is 1. The summed E-state index contributed by atoms with van der Waals surface area (Å²) in [4.78, 5) is 14.7. The molecule has 6 atom stereocenters. The number of carbonyl (C=O) groups is 1. The van der Waals surface area contributed by atoms with Crippen LogP contribution >= 0.6 is 27.7 Å². The van der Waals surface area contributed by atoms with Crippen molar-refractivity contribution in [2.45, 2.75) is 54.8 Å². The van der Waals surface area contributed by atoms with Gasteiger partial charge >= 0.3 is 0 Å². The third-order valence-corrected chi connectivity index (χ3v) is 9.52. The van der Waals surface area contributed by atoms with Crippen LogP contribution in [0.15, 0.2) is 51.8 Å². The lowest BCUT2D eigenvalue weighted by Gasteiger charge is -2.52. The van der Waals surface area contributed by atoms with E-state index < -0.39 is 0 Å². The second-order valence-electron chi connectivity index (χ2n) is 9.06. The van der Waals surface area contributed by atoms with Crippen molar-refractivity contribution < 1.29 is 15.0 Å². The molecule has 0 aliphatic heterocycles. The van der Waals surface area contributed by atoms with Crippen molar-refractivity contribution in [1.29, 1.82) is 0 Å². The Morgan fingerprint density at radius 2 is 1.86 bits per heavy atom. The Kier molecular flexibility index (Phi) is 4.84. The number of aromatic hydroxyl groups is 1. The molecular formula is C24H25BrO3S. The molecule has 2 N–H and O–H groups in total. The molecule has 2 saturated carbocycles. The first-order chi connectivity index (χ1) is 13.9. The fraction of sp³-hybridized carbons (Fsp3) is 0.458. The molecule has 2 aromatic rings. The summed E-state index contributed by atoms with van der Waals surface area (Å²) in [6.07, 6.45) is 3.51. The molecule has 3 nitrogen and oxygen atoms in total. The summed E-state index contributed by atoms with van der Waals surface area (Å²) in [5.74, 6) is 1.13. The van der Waals surface area contributed by atoms with Crippen LogP contribution in [0, 0.1) is 17.3 Å². The highest BCUT2D eigenvalue weighted by Crippen LogP contribution is 2.62. The summed E-state index contributed by atoms with van der Waals surface area (Å²) in [7, 11) is 0. The zero-order valence-electron chi connectivity index (χ0n) is 16.3. The van der Waals surface area contributed by atoms with Crippen LogP contribution in [-0.4, -0.2) is 27.4 Å². The lowest BCUT2D eigenvalue weighted by Crippen LogP contribution is -2.50. The van der Waals surface area contributed by atoms with Gasteiger partial charge in [0, 0.05) is 14.9 Å². The first kappa shape index (κ1) is 19.7. The van der Waals surface area contributed by atoms with E-state index in [4.69, 9.17) is 0 Å². The SMILES string of the molecule is C[C@]12CC[C@@H]3c4ccc(O)cc4C(=O)C(Sc4ccc(Br)cc4)[C@H]3[C@@H]1CCC2O. The van der Waals surface area contributed by atoms with Crippen LogP contribution in [0.2, 0.25) is 0 Å². The fourth-order valence-corrected chi connectivity index (χ4v) is 7.77. The van der Waals surface area contributed by atoms with E-state index in [0.717, 1.165) is 40.6 Å². The van der Waals surface area contributed by atoms with Gasteiger partial charge in [0.2, 0.25) is 0 Å². The van der Waals surface area contributed by atoms with Gasteiger partial charge in [-0.3, -0.25) is 4.79 Å². The predicted molar refractivity (Wildman–Crippen MR) is 119 cm³/mol. The summed E-state index contributed by atoms with van der Waals surface area (Å²) in [5, 5.41) is 20.6. The first-order valence-electron chi connectivity index (χ1n) is 10.4. The number of rotatable bonds is 2. The van der Waals surface area contributed by atoms with E-state index in [-0.39, 0.29) is 34.2 Å². The number of aliphatic hydroxyl groups is 1. The summed E-state index contributed by atoms with van der Waals surface area (Å²) in [6, 6.07) is 13.5. The number of ketones is 1. The van der Waals surface area contributed by atoms with Crippen molar-refractivity contribution in [3.8, 4) is 5.75 Å². The number of hydrogen-bond acceptors (Lipinski definition) is 4. The number of phenolic OH excluding ortho intramolecular Hbond substituents is 1. The smallest absolute Gasteiger partial charge is 0.176 e. The Balaban J connectivity index is 1.61. The minimum Gasteiger partial charge on any atom is -0.508 e. The number of hydrogen-bond donors (Lipinski definition) is 2. The van der Waals surface area contributed by atoms with E-state index in [1.807, 2.05) is 18.2 Å². The molecule has 0 saturated heterocycles. The van der Waals surface area contributed by atoms with Crippen LogP contribution in [-0.2, 0) is 0 Å². The van der Waals surface area contributed by atoms with E-state index in [9.17, 15) is 15.0 Å². The van der Waals surface area contributed by atoms with Gasteiger partial charge in [-0.1, -0.05) is 28.9 Å². The predicted octanol–water partition coefficient (Wildman–Crippen LogP) is 5.78. The second-order valence-corrected chi connectivity index (χ2v) is 11.2. The molecule has 152 valence electrons. The molecule has 0 radical (unpaired) electrons. The molecule has 0 bridgehead atoms. The number of thioether (sulfide) groups is 1. The molecule has 2 fully saturated rings. The number of halogens is 1. The normalized spacial score (nSPS) is 35.7. The Morgan fingerprint density at radius 3 is 2.62 bits per heavy atom.